The zero-order valence-corrected chi connectivity index (χ0v) is 8.54. The van der Waals surface area contributed by atoms with E-state index in [1.165, 1.54) is 30.3 Å². The molecule has 0 amide bonds. The second-order valence-corrected chi connectivity index (χ2v) is 3.42. The van der Waals surface area contributed by atoms with Gasteiger partial charge in [0.15, 0.2) is 0 Å². The quantitative estimate of drug-likeness (QED) is 0.728. The van der Waals surface area contributed by atoms with Gasteiger partial charge in [-0.3, -0.25) is 0 Å². The summed E-state index contributed by atoms with van der Waals surface area (Å²) >= 11 is 0. The maximum absolute atomic E-state index is 12.5. The first-order valence-electron chi connectivity index (χ1n) is 4.83. The summed E-state index contributed by atoms with van der Waals surface area (Å²) in [6.07, 6.45) is -2.58. The van der Waals surface area contributed by atoms with E-state index in [-0.39, 0.29) is 11.3 Å². The van der Waals surface area contributed by atoms with Crippen molar-refractivity contribution in [2.24, 2.45) is 0 Å². The number of ether oxygens (including phenoxy) is 1. The van der Waals surface area contributed by atoms with Crippen LogP contribution in [0.15, 0.2) is 36.4 Å². The molecule has 0 aliphatic heterocycles. The molecule has 0 N–H and O–H groups in total. The number of hydrogen-bond donors (Lipinski definition) is 0. The van der Waals surface area contributed by atoms with Gasteiger partial charge in [0.25, 0.3) is 6.43 Å². The van der Waals surface area contributed by atoms with E-state index in [0.29, 0.717) is 10.8 Å². The van der Waals surface area contributed by atoms with Gasteiger partial charge in [0, 0.05) is 10.9 Å². The number of rotatable bonds is 3. The van der Waals surface area contributed by atoms with Crippen LogP contribution in [0.3, 0.4) is 0 Å². The summed E-state index contributed by atoms with van der Waals surface area (Å²) in [6.45, 7) is -2.93. The minimum absolute atomic E-state index is 0.0154. The maximum atomic E-state index is 12.5. The summed E-state index contributed by atoms with van der Waals surface area (Å²) in [6, 6.07) is 8.24. The molecule has 0 aliphatic carbocycles. The highest BCUT2D eigenvalue weighted by Gasteiger charge is 2.11. The van der Waals surface area contributed by atoms with Gasteiger partial charge in [0.1, 0.15) is 5.75 Å². The molecule has 0 spiro atoms. The van der Waals surface area contributed by atoms with Crippen LogP contribution in [0.25, 0.3) is 10.8 Å². The van der Waals surface area contributed by atoms with Crippen LogP contribution in [0, 0.1) is 0 Å². The normalized spacial score (nSPS) is 11.4. The van der Waals surface area contributed by atoms with Crippen molar-refractivity contribution >= 4 is 10.8 Å². The molecule has 90 valence electrons. The molecule has 17 heavy (non-hydrogen) atoms. The Hall–Kier alpha value is -1.78. The number of fused-ring (bicyclic) bond motifs is 1. The molecule has 0 radical (unpaired) electrons. The molecule has 0 saturated heterocycles. The van der Waals surface area contributed by atoms with Gasteiger partial charge in [-0.05, 0) is 17.5 Å². The molecular weight excluding hydrogens is 236 g/mol. The van der Waals surface area contributed by atoms with E-state index in [0.717, 1.165) is 0 Å². The second-order valence-electron chi connectivity index (χ2n) is 3.42. The van der Waals surface area contributed by atoms with E-state index < -0.39 is 13.0 Å². The molecule has 5 heteroatoms. The number of alkyl halides is 4. The van der Waals surface area contributed by atoms with Crippen LogP contribution in [-0.4, -0.2) is 6.61 Å². The first-order chi connectivity index (χ1) is 8.08. The van der Waals surface area contributed by atoms with Gasteiger partial charge in [-0.25, -0.2) is 8.78 Å². The second kappa shape index (κ2) is 4.61. The number of benzene rings is 2. The van der Waals surface area contributed by atoms with Gasteiger partial charge in [0.05, 0.1) is 0 Å². The fourth-order valence-corrected chi connectivity index (χ4v) is 1.61. The molecule has 0 bridgehead atoms. The van der Waals surface area contributed by atoms with Crippen molar-refractivity contribution in [1.29, 1.82) is 0 Å². The molecule has 1 nitrogen and oxygen atoms in total. The van der Waals surface area contributed by atoms with Crippen molar-refractivity contribution in [3.8, 4) is 5.75 Å². The Kier molecular flexibility index (Phi) is 3.17. The summed E-state index contributed by atoms with van der Waals surface area (Å²) in [5.74, 6) is -0.0154. The minimum Gasteiger partial charge on any atom is -0.434 e. The smallest absolute Gasteiger partial charge is 0.387 e. The average molecular weight is 244 g/mol. The van der Waals surface area contributed by atoms with E-state index in [1.807, 2.05) is 0 Å². The molecular formula is C12H8F4O. The van der Waals surface area contributed by atoms with Crippen LogP contribution < -0.4 is 4.74 Å². The Morgan fingerprint density at radius 2 is 1.71 bits per heavy atom. The van der Waals surface area contributed by atoms with Gasteiger partial charge in [-0.2, -0.15) is 8.78 Å². The topological polar surface area (TPSA) is 9.23 Å². The SMILES string of the molecule is FC(F)Oc1cccc2cc(C(F)F)ccc12. The Labute approximate surface area is 94.6 Å². The Morgan fingerprint density at radius 3 is 2.35 bits per heavy atom. The van der Waals surface area contributed by atoms with Crippen LogP contribution in [0.2, 0.25) is 0 Å². The van der Waals surface area contributed by atoms with Crippen molar-refractivity contribution in [3.63, 3.8) is 0 Å². The molecule has 0 unspecified atom stereocenters. The third kappa shape index (κ3) is 2.49. The fourth-order valence-electron chi connectivity index (χ4n) is 1.61. The molecule has 2 aromatic carbocycles. The van der Waals surface area contributed by atoms with Gasteiger partial charge in [-0.1, -0.05) is 24.3 Å². The van der Waals surface area contributed by atoms with Crippen molar-refractivity contribution in [2.75, 3.05) is 0 Å². The lowest BCUT2D eigenvalue weighted by atomic mass is 10.1. The van der Waals surface area contributed by atoms with E-state index >= 15 is 0 Å². The first-order valence-corrected chi connectivity index (χ1v) is 4.83. The highest BCUT2D eigenvalue weighted by Crippen LogP contribution is 2.30. The Balaban J connectivity index is 2.51. The molecule has 0 atom stereocenters. The molecule has 0 fully saturated rings. The standard InChI is InChI=1S/C12H8F4O/c13-11(14)8-4-5-9-7(6-8)2-1-3-10(9)17-12(15)16/h1-6,11-12H. The third-order valence-corrected chi connectivity index (χ3v) is 2.33. The minimum atomic E-state index is -2.93. The van der Waals surface area contributed by atoms with Gasteiger partial charge < -0.3 is 4.74 Å². The van der Waals surface area contributed by atoms with E-state index in [1.54, 1.807) is 6.07 Å². The molecule has 2 rings (SSSR count). The van der Waals surface area contributed by atoms with Crippen molar-refractivity contribution in [2.45, 2.75) is 13.0 Å². The lowest BCUT2D eigenvalue weighted by Gasteiger charge is -2.09. The molecule has 2 aromatic rings. The largest absolute Gasteiger partial charge is 0.434 e. The number of halogens is 4. The maximum Gasteiger partial charge on any atom is 0.387 e. The summed E-state index contributed by atoms with van der Waals surface area (Å²) in [5, 5.41) is 0.832. The van der Waals surface area contributed by atoms with Crippen molar-refractivity contribution < 1.29 is 22.3 Å². The van der Waals surface area contributed by atoms with E-state index in [4.69, 9.17) is 0 Å². The van der Waals surface area contributed by atoms with Gasteiger partial charge in [-0.15, -0.1) is 0 Å². The van der Waals surface area contributed by atoms with Gasteiger partial charge in [0.2, 0.25) is 0 Å². The van der Waals surface area contributed by atoms with Crippen molar-refractivity contribution in [1.82, 2.24) is 0 Å². The monoisotopic (exact) mass is 244 g/mol. The van der Waals surface area contributed by atoms with E-state index in [2.05, 4.69) is 4.74 Å². The predicted molar refractivity (Wildman–Crippen MR) is 55.5 cm³/mol. The van der Waals surface area contributed by atoms with E-state index in [9.17, 15) is 17.6 Å². The van der Waals surface area contributed by atoms with Crippen LogP contribution in [0.5, 0.6) is 5.75 Å². The van der Waals surface area contributed by atoms with Crippen LogP contribution in [0.1, 0.15) is 12.0 Å². The molecule has 0 saturated carbocycles. The summed E-state index contributed by atoms with van der Waals surface area (Å²) in [4.78, 5) is 0. The number of hydrogen-bond acceptors (Lipinski definition) is 1. The Bertz CT molecular complexity index is 525. The average Bonchev–Trinajstić information content (AvgIpc) is 2.28. The van der Waals surface area contributed by atoms with Crippen LogP contribution >= 0.6 is 0 Å². The highest BCUT2D eigenvalue weighted by atomic mass is 19.3. The summed E-state index contributed by atoms with van der Waals surface area (Å²) < 4.78 is 53.4. The first kappa shape index (κ1) is 11.7. The zero-order valence-electron chi connectivity index (χ0n) is 8.54. The van der Waals surface area contributed by atoms with Crippen molar-refractivity contribution in [3.05, 3.63) is 42.0 Å². The summed E-state index contributed by atoms with van der Waals surface area (Å²) in [7, 11) is 0. The van der Waals surface area contributed by atoms with Gasteiger partial charge >= 0.3 is 6.61 Å². The zero-order chi connectivity index (χ0) is 12.4. The lowest BCUT2D eigenvalue weighted by molar-refractivity contribution is -0.0487. The lowest BCUT2D eigenvalue weighted by Crippen LogP contribution is -2.02. The highest BCUT2D eigenvalue weighted by molar-refractivity contribution is 5.88. The molecule has 0 aliphatic rings. The van der Waals surface area contributed by atoms with Crippen LogP contribution in [0.4, 0.5) is 17.6 Å². The fraction of sp³-hybridized carbons (Fsp3) is 0.167. The third-order valence-electron chi connectivity index (χ3n) is 2.33. The summed E-state index contributed by atoms with van der Waals surface area (Å²) in [5.41, 5.74) is -0.147. The van der Waals surface area contributed by atoms with Crippen LogP contribution in [-0.2, 0) is 0 Å². The predicted octanol–water partition coefficient (Wildman–Crippen LogP) is 4.38. The Morgan fingerprint density at radius 1 is 0.941 bits per heavy atom. The molecule has 0 heterocycles. The molecule has 0 aromatic heterocycles.